The topological polar surface area (TPSA) is 79.3 Å². The van der Waals surface area contributed by atoms with Crippen molar-refractivity contribution in [1.29, 1.82) is 0 Å². The SMILES string of the molecule is CC(C)Oc1ccc(C2/C(=C(\O)c3ccc(F)cc3)C(=O)C(=O)N2CCCN2CCOCC2)cc1. The van der Waals surface area contributed by atoms with Crippen LogP contribution in [0.3, 0.4) is 0 Å². The Morgan fingerprint density at radius 2 is 1.71 bits per heavy atom. The Labute approximate surface area is 204 Å². The summed E-state index contributed by atoms with van der Waals surface area (Å²) in [6.07, 6.45) is 0.680. The molecule has 1 atom stereocenters. The fourth-order valence-electron chi connectivity index (χ4n) is 4.51. The third-order valence-corrected chi connectivity index (χ3v) is 6.20. The van der Waals surface area contributed by atoms with E-state index in [1.807, 2.05) is 13.8 Å². The summed E-state index contributed by atoms with van der Waals surface area (Å²) in [5.41, 5.74) is 0.975. The smallest absolute Gasteiger partial charge is 0.295 e. The zero-order chi connectivity index (χ0) is 24.9. The minimum Gasteiger partial charge on any atom is -0.507 e. The average molecular weight is 483 g/mol. The number of carbonyl (C=O) groups is 2. The molecule has 4 rings (SSSR count). The molecule has 0 spiro atoms. The van der Waals surface area contributed by atoms with Crippen molar-refractivity contribution in [2.45, 2.75) is 32.4 Å². The van der Waals surface area contributed by atoms with Crippen LogP contribution in [0.2, 0.25) is 0 Å². The third kappa shape index (κ3) is 5.71. The van der Waals surface area contributed by atoms with E-state index in [1.165, 1.54) is 29.2 Å². The van der Waals surface area contributed by atoms with Gasteiger partial charge in [0, 0.05) is 31.7 Å². The van der Waals surface area contributed by atoms with Crippen LogP contribution >= 0.6 is 0 Å². The number of halogens is 1. The minimum absolute atomic E-state index is 0.00477. The van der Waals surface area contributed by atoms with E-state index < -0.39 is 23.5 Å². The number of benzene rings is 2. The Morgan fingerprint density at radius 3 is 2.34 bits per heavy atom. The zero-order valence-electron chi connectivity index (χ0n) is 20.1. The van der Waals surface area contributed by atoms with Gasteiger partial charge in [-0.05, 0) is 62.2 Å². The molecule has 8 heteroatoms. The molecule has 7 nitrogen and oxygen atoms in total. The molecule has 2 saturated heterocycles. The van der Waals surface area contributed by atoms with Gasteiger partial charge in [-0.2, -0.15) is 0 Å². The number of ketones is 1. The second kappa shape index (κ2) is 11.0. The lowest BCUT2D eigenvalue weighted by Gasteiger charge is -2.29. The molecule has 0 saturated carbocycles. The molecule has 2 aromatic carbocycles. The van der Waals surface area contributed by atoms with Crippen LogP contribution in [0.25, 0.3) is 5.76 Å². The van der Waals surface area contributed by atoms with Gasteiger partial charge in [0.05, 0.1) is 30.9 Å². The normalized spacial score (nSPS) is 20.6. The fourth-order valence-corrected chi connectivity index (χ4v) is 4.51. The highest BCUT2D eigenvalue weighted by atomic mass is 19.1. The lowest BCUT2D eigenvalue weighted by Crippen LogP contribution is -2.38. The van der Waals surface area contributed by atoms with Gasteiger partial charge in [0.15, 0.2) is 0 Å². The van der Waals surface area contributed by atoms with Gasteiger partial charge < -0.3 is 19.5 Å². The Bertz CT molecular complexity index is 1080. The molecule has 1 unspecified atom stereocenters. The first-order valence-electron chi connectivity index (χ1n) is 12.0. The Balaban J connectivity index is 1.66. The average Bonchev–Trinajstić information content (AvgIpc) is 3.10. The Morgan fingerprint density at radius 1 is 1.06 bits per heavy atom. The molecule has 35 heavy (non-hydrogen) atoms. The van der Waals surface area contributed by atoms with E-state index in [0.29, 0.717) is 37.5 Å². The van der Waals surface area contributed by atoms with E-state index >= 15 is 0 Å². The Hall–Kier alpha value is -3.23. The zero-order valence-corrected chi connectivity index (χ0v) is 20.1. The van der Waals surface area contributed by atoms with E-state index in [1.54, 1.807) is 24.3 Å². The molecule has 0 aliphatic carbocycles. The number of morpholine rings is 1. The molecule has 2 aliphatic rings. The molecule has 0 radical (unpaired) electrons. The van der Waals surface area contributed by atoms with Crippen LogP contribution in [-0.2, 0) is 14.3 Å². The molecular weight excluding hydrogens is 451 g/mol. The van der Waals surface area contributed by atoms with Crippen molar-refractivity contribution < 1.29 is 28.6 Å². The Kier molecular flexibility index (Phi) is 7.83. The van der Waals surface area contributed by atoms with Crippen LogP contribution in [0.5, 0.6) is 5.75 Å². The van der Waals surface area contributed by atoms with E-state index in [0.717, 1.165) is 19.6 Å². The number of hydrogen-bond donors (Lipinski definition) is 1. The van der Waals surface area contributed by atoms with Crippen molar-refractivity contribution in [3.05, 3.63) is 71.0 Å². The number of amides is 1. The fraction of sp³-hybridized carbons (Fsp3) is 0.407. The second-order valence-corrected chi connectivity index (χ2v) is 9.04. The molecule has 2 fully saturated rings. The van der Waals surface area contributed by atoms with Gasteiger partial charge in [-0.15, -0.1) is 0 Å². The van der Waals surface area contributed by atoms with Gasteiger partial charge >= 0.3 is 0 Å². The lowest BCUT2D eigenvalue weighted by atomic mass is 9.95. The summed E-state index contributed by atoms with van der Waals surface area (Å²) >= 11 is 0. The maximum Gasteiger partial charge on any atom is 0.295 e. The number of aliphatic hydroxyl groups excluding tert-OH is 1. The standard InChI is InChI=1S/C27H31FN2O5/c1-18(2)35-22-10-6-19(7-11-22)24-23(25(31)20-4-8-21(28)9-5-20)26(32)27(33)30(24)13-3-12-29-14-16-34-17-15-29/h4-11,18,24,31H,3,12-17H2,1-2H3/b25-23+. The first-order chi connectivity index (χ1) is 16.8. The largest absolute Gasteiger partial charge is 0.507 e. The van der Waals surface area contributed by atoms with Gasteiger partial charge in [0.25, 0.3) is 11.7 Å². The molecule has 186 valence electrons. The van der Waals surface area contributed by atoms with Crippen molar-refractivity contribution in [1.82, 2.24) is 9.80 Å². The molecule has 1 N–H and O–H groups in total. The van der Waals surface area contributed by atoms with E-state index in [9.17, 15) is 19.1 Å². The molecule has 0 bridgehead atoms. The maximum atomic E-state index is 13.4. The summed E-state index contributed by atoms with van der Waals surface area (Å²) in [4.78, 5) is 30.0. The van der Waals surface area contributed by atoms with E-state index in [4.69, 9.17) is 9.47 Å². The summed E-state index contributed by atoms with van der Waals surface area (Å²) < 4.78 is 24.6. The first kappa shape index (κ1) is 24.9. The van der Waals surface area contributed by atoms with Crippen molar-refractivity contribution in [3.8, 4) is 5.75 Å². The highest BCUT2D eigenvalue weighted by molar-refractivity contribution is 6.46. The molecule has 2 aromatic rings. The van der Waals surface area contributed by atoms with Crippen LogP contribution in [0, 0.1) is 5.82 Å². The quantitative estimate of drug-likeness (QED) is 0.351. The second-order valence-electron chi connectivity index (χ2n) is 9.04. The lowest BCUT2D eigenvalue weighted by molar-refractivity contribution is -0.140. The van der Waals surface area contributed by atoms with Gasteiger partial charge in [-0.25, -0.2) is 4.39 Å². The molecular formula is C27H31FN2O5. The maximum absolute atomic E-state index is 13.4. The van der Waals surface area contributed by atoms with Crippen LogP contribution in [0.4, 0.5) is 4.39 Å². The van der Waals surface area contributed by atoms with Crippen molar-refractivity contribution in [3.63, 3.8) is 0 Å². The number of nitrogens with zero attached hydrogens (tertiary/aromatic N) is 2. The van der Waals surface area contributed by atoms with Crippen LogP contribution < -0.4 is 4.74 Å². The number of likely N-dealkylation sites (tertiary alicyclic amines) is 1. The van der Waals surface area contributed by atoms with E-state index in [-0.39, 0.29) is 23.0 Å². The summed E-state index contributed by atoms with van der Waals surface area (Å²) in [7, 11) is 0. The molecule has 1 amide bonds. The number of ether oxygens (including phenoxy) is 2. The van der Waals surface area contributed by atoms with Gasteiger partial charge in [0.1, 0.15) is 17.3 Å². The van der Waals surface area contributed by atoms with Crippen molar-refractivity contribution in [2.75, 3.05) is 39.4 Å². The number of aliphatic hydroxyl groups is 1. The van der Waals surface area contributed by atoms with Gasteiger partial charge in [-0.3, -0.25) is 14.5 Å². The molecule has 0 aromatic heterocycles. The van der Waals surface area contributed by atoms with Gasteiger partial charge in [0.2, 0.25) is 0 Å². The van der Waals surface area contributed by atoms with Gasteiger partial charge in [-0.1, -0.05) is 12.1 Å². The summed E-state index contributed by atoms with van der Waals surface area (Å²) in [6.45, 7) is 8.05. The number of carbonyl (C=O) groups excluding carboxylic acids is 2. The number of Topliss-reactive ketones (excluding diaryl/α,β-unsaturated/α-hetero) is 1. The van der Waals surface area contributed by atoms with Crippen molar-refractivity contribution >= 4 is 17.4 Å². The third-order valence-electron chi connectivity index (χ3n) is 6.20. The van der Waals surface area contributed by atoms with Crippen LogP contribution in [0.15, 0.2) is 54.1 Å². The highest BCUT2D eigenvalue weighted by Gasteiger charge is 2.45. The van der Waals surface area contributed by atoms with Crippen LogP contribution in [0.1, 0.15) is 37.4 Å². The highest BCUT2D eigenvalue weighted by Crippen LogP contribution is 2.40. The summed E-state index contributed by atoms with van der Waals surface area (Å²) in [5, 5.41) is 11.1. The number of hydrogen-bond acceptors (Lipinski definition) is 6. The first-order valence-corrected chi connectivity index (χ1v) is 12.0. The summed E-state index contributed by atoms with van der Waals surface area (Å²) in [6, 6.07) is 11.7. The molecule has 2 heterocycles. The molecule has 2 aliphatic heterocycles. The van der Waals surface area contributed by atoms with Crippen molar-refractivity contribution in [2.24, 2.45) is 0 Å². The number of rotatable bonds is 8. The van der Waals surface area contributed by atoms with Crippen LogP contribution in [-0.4, -0.2) is 72.1 Å². The van der Waals surface area contributed by atoms with E-state index in [2.05, 4.69) is 4.90 Å². The predicted molar refractivity (Wildman–Crippen MR) is 129 cm³/mol. The summed E-state index contributed by atoms with van der Waals surface area (Å²) in [5.74, 6) is -1.49. The predicted octanol–water partition coefficient (Wildman–Crippen LogP) is 3.76. The minimum atomic E-state index is -0.752. The monoisotopic (exact) mass is 482 g/mol.